The third kappa shape index (κ3) is 2.54. The van der Waals surface area contributed by atoms with E-state index in [2.05, 4.69) is 15.4 Å². The Morgan fingerprint density at radius 1 is 1.50 bits per heavy atom. The molecule has 0 aromatic carbocycles. The number of pyridine rings is 1. The highest BCUT2D eigenvalue weighted by molar-refractivity contribution is 6.04. The number of nitrogens with one attached hydrogen (secondary N) is 1. The fourth-order valence-electron chi connectivity index (χ4n) is 1.63. The quantitative estimate of drug-likeness (QED) is 0.838. The van der Waals surface area contributed by atoms with E-state index in [-0.39, 0.29) is 5.91 Å². The second kappa shape index (κ2) is 4.97. The Bertz CT molecular complexity index is 558. The van der Waals surface area contributed by atoms with Crippen LogP contribution in [0.5, 0.6) is 0 Å². The van der Waals surface area contributed by atoms with Gasteiger partial charge in [0.25, 0.3) is 5.91 Å². The second-order valence-corrected chi connectivity index (χ2v) is 4.01. The lowest BCUT2D eigenvalue weighted by atomic mass is 10.2. The molecule has 0 saturated heterocycles. The van der Waals surface area contributed by atoms with Gasteiger partial charge in [-0.15, -0.1) is 0 Å². The van der Waals surface area contributed by atoms with Gasteiger partial charge in [-0.3, -0.25) is 9.48 Å². The summed E-state index contributed by atoms with van der Waals surface area (Å²) in [5.41, 5.74) is 7.63. The van der Waals surface area contributed by atoms with Crippen molar-refractivity contribution >= 4 is 11.7 Å². The minimum atomic E-state index is -0.214. The second-order valence-electron chi connectivity index (χ2n) is 4.01. The van der Waals surface area contributed by atoms with E-state index in [1.54, 1.807) is 37.1 Å². The summed E-state index contributed by atoms with van der Waals surface area (Å²) in [4.78, 5) is 16.1. The number of aromatic nitrogens is 3. The summed E-state index contributed by atoms with van der Waals surface area (Å²) < 4.78 is 1.61. The molecule has 0 radical (unpaired) electrons. The van der Waals surface area contributed by atoms with Gasteiger partial charge < -0.3 is 11.1 Å². The molecular weight excluding hydrogens is 230 g/mol. The van der Waals surface area contributed by atoms with Crippen LogP contribution in [-0.2, 0) is 13.6 Å². The van der Waals surface area contributed by atoms with Gasteiger partial charge >= 0.3 is 0 Å². The number of carbonyl (C=O) groups is 1. The first-order valence-electron chi connectivity index (χ1n) is 5.56. The molecule has 0 aliphatic heterocycles. The first-order chi connectivity index (χ1) is 8.60. The van der Waals surface area contributed by atoms with Gasteiger partial charge in [-0.1, -0.05) is 6.07 Å². The molecule has 2 rings (SSSR count). The van der Waals surface area contributed by atoms with E-state index >= 15 is 0 Å². The zero-order chi connectivity index (χ0) is 13.1. The normalized spacial score (nSPS) is 10.4. The number of hydrogen-bond donors (Lipinski definition) is 2. The third-order valence-corrected chi connectivity index (χ3v) is 2.56. The number of amides is 1. The summed E-state index contributed by atoms with van der Waals surface area (Å²) in [6.45, 7) is 2.23. The Kier molecular flexibility index (Phi) is 3.38. The SMILES string of the molecule is Cc1nn(C)cc1C(=O)Nc1ccc(CN)cn1. The third-order valence-electron chi connectivity index (χ3n) is 2.56. The highest BCUT2D eigenvalue weighted by atomic mass is 16.1. The molecule has 6 nitrogen and oxygen atoms in total. The Morgan fingerprint density at radius 3 is 2.78 bits per heavy atom. The summed E-state index contributed by atoms with van der Waals surface area (Å²) in [5.74, 6) is 0.286. The number of carbonyl (C=O) groups excluding carboxylic acids is 1. The van der Waals surface area contributed by atoms with Gasteiger partial charge in [0.2, 0.25) is 0 Å². The predicted octanol–water partition coefficient (Wildman–Crippen LogP) is 0.835. The van der Waals surface area contributed by atoms with Crippen LogP contribution in [0.15, 0.2) is 24.5 Å². The molecule has 18 heavy (non-hydrogen) atoms. The summed E-state index contributed by atoms with van der Waals surface area (Å²) in [5, 5.41) is 6.84. The fourth-order valence-corrected chi connectivity index (χ4v) is 1.63. The minimum absolute atomic E-state index is 0.214. The lowest BCUT2D eigenvalue weighted by Crippen LogP contribution is -2.13. The molecule has 1 amide bonds. The topological polar surface area (TPSA) is 85.8 Å². The molecule has 2 heterocycles. The maximum Gasteiger partial charge on any atom is 0.260 e. The van der Waals surface area contributed by atoms with Gasteiger partial charge in [0.05, 0.1) is 11.3 Å². The summed E-state index contributed by atoms with van der Waals surface area (Å²) in [6.07, 6.45) is 3.32. The standard InChI is InChI=1S/C12H15N5O/c1-8-10(7-17(2)16-8)12(18)15-11-4-3-9(5-13)6-14-11/h3-4,6-7H,5,13H2,1-2H3,(H,14,15,18). The maximum atomic E-state index is 12.0. The zero-order valence-electron chi connectivity index (χ0n) is 10.3. The molecule has 2 aromatic rings. The van der Waals surface area contributed by atoms with Gasteiger partial charge in [-0.2, -0.15) is 5.10 Å². The molecule has 0 unspecified atom stereocenters. The summed E-state index contributed by atoms with van der Waals surface area (Å²) >= 11 is 0. The van der Waals surface area contributed by atoms with Crippen molar-refractivity contribution in [1.29, 1.82) is 0 Å². The number of aryl methyl sites for hydroxylation is 2. The van der Waals surface area contributed by atoms with Crippen LogP contribution in [0.3, 0.4) is 0 Å². The Hall–Kier alpha value is -2.21. The fraction of sp³-hybridized carbons (Fsp3) is 0.250. The predicted molar refractivity (Wildman–Crippen MR) is 68.0 cm³/mol. The van der Waals surface area contributed by atoms with Crippen LogP contribution in [-0.4, -0.2) is 20.7 Å². The Balaban J connectivity index is 2.13. The molecule has 0 saturated carbocycles. The molecule has 94 valence electrons. The van der Waals surface area contributed by atoms with E-state index in [1.807, 2.05) is 6.07 Å². The van der Waals surface area contributed by atoms with Crippen LogP contribution in [0.25, 0.3) is 0 Å². The van der Waals surface area contributed by atoms with E-state index in [0.29, 0.717) is 23.6 Å². The van der Waals surface area contributed by atoms with Gasteiger partial charge in [0.1, 0.15) is 5.82 Å². The van der Waals surface area contributed by atoms with E-state index < -0.39 is 0 Å². The van der Waals surface area contributed by atoms with Crippen LogP contribution in [0.1, 0.15) is 21.6 Å². The van der Waals surface area contributed by atoms with Crippen LogP contribution in [0, 0.1) is 6.92 Å². The number of hydrogen-bond acceptors (Lipinski definition) is 4. The maximum absolute atomic E-state index is 12.0. The number of nitrogens with zero attached hydrogens (tertiary/aromatic N) is 3. The van der Waals surface area contributed by atoms with Crippen molar-refractivity contribution in [3.8, 4) is 0 Å². The van der Waals surface area contributed by atoms with Crippen LogP contribution >= 0.6 is 0 Å². The molecule has 6 heteroatoms. The molecule has 0 fully saturated rings. The smallest absolute Gasteiger partial charge is 0.260 e. The summed E-state index contributed by atoms with van der Waals surface area (Å²) in [6, 6.07) is 3.56. The molecule has 0 spiro atoms. The van der Waals surface area contributed by atoms with Gasteiger partial charge in [-0.05, 0) is 18.6 Å². The van der Waals surface area contributed by atoms with Crippen molar-refractivity contribution in [3.05, 3.63) is 41.3 Å². The molecular formula is C12H15N5O. The largest absolute Gasteiger partial charge is 0.326 e. The van der Waals surface area contributed by atoms with Crippen molar-refractivity contribution in [3.63, 3.8) is 0 Å². The molecule has 0 aliphatic rings. The highest BCUT2D eigenvalue weighted by Crippen LogP contribution is 2.09. The molecule has 2 aromatic heterocycles. The van der Waals surface area contributed by atoms with E-state index in [1.165, 1.54) is 0 Å². The van der Waals surface area contributed by atoms with Gasteiger partial charge in [-0.25, -0.2) is 4.98 Å². The Labute approximate surface area is 105 Å². The lowest BCUT2D eigenvalue weighted by molar-refractivity contribution is 0.102. The average molecular weight is 245 g/mol. The highest BCUT2D eigenvalue weighted by Gasteiger charge is 2.12. The lowest BCUT2D eigenvalue weighted by Gasteiger charge is -2.03. The number of nitrogens with two attached hydrogens (primary N) is 1. The van der Waals surface area contributed by atoms with E-state index in [0.717, 1.165) is 5.56 Å². The molecule has 0 aliphatic carbocycles. The van der Waals surface area contributed by atoms with E-state index in [9.17, 15) is 4.79 Å². The minimum Gasteiger partial charge on any atom is -0.326 e. The van der Waals surface area contributed by atoms with Crippen molar-refractivity contribution in [1.82, 2.24) is 14.8 Å². The Morgan fingerprint density at radius 2 is 2.28 bits per heavy atom. The number of anilines is 1. The zero-order valence-corrected chi connectivity index (χ0v) is 10.3. The monoisotopic (exact) mass is 245 g/mol. The van der Waals surface area contributed by atoms with Crippen molar-refractivity contribution < 1.29 is 4.79 Å². The summed E-state index contributed by atoms with van der Waals surface area (Å²) in [7, 11) is 1.78. The molecule has 3 N–H and O–H groups in total. The first kappa shape index (κ1) is 12.3. The average Bonchev–Trinajstić information content (AvgIpc) is 2.69. The molecule has 0 atom stereocenters. The van der Waals surface area contributed by atoms with Crippen molar-refractivity contribution in [2.45, 2.75) is 13.5 Å². The number of rotatable bonds is 3. The van der Waals surface area contributed by atoms with Crippen molar-refractivity contribution in [2.75, 3.05) is 5.32 Å². The van der Waals surface area contributed by atoms with Crippen molar-refractivity contribution in [2.24, 2.45) is 12.8 Å². The molecule has 0 bridgehead atoms. The van der Waals surface area contributed by atoms with Crippen LogP contribution in [0.2, 0.25) is 0 Å². The van der Waals surface area contributed by atoms with Crippen LogP contribution in [0.4, 0.5) is 5.82 Å². The van der Waals surface area contributed by atoms with Gasteiger partial charge in [0.15, 0.2) is 0 Å². The van der Waals surface area contributed by atoms with Gasteiger partial charge in [0, 0.05) is 26.0 Å². The van der Waals surface area contributed by atoms with E-state index in [4.69, 9.17) is 5.73 Å². The van der Waals surface area contributed by atoms with Crippen LogP contribution < -0.4 is 11.1 Å². The first-order valence-corrected chi connectivity index (χ1v) is 5.56.